The fourth-order valence-electron chi connectivity index (χ4n) is 1.96. The number of imidazole rings is 1. The van der Waals surface area contributed by atoms with Crippen LogP contribution in [0.25, 0.3) is 0 Å². The molecule has 0 saturated carbocycles. The van der Waals surface area contributed by atoms with Crippen molar-refractivity contribution < 1.29 is 4.79 Å². The van der Waals surface area contributed by atoms with Gasteiger partial charge in [0, 0.05) is 32.1 Å². The number of aryl methyl sites for hydroxylation is 1. The lowest BCUT2D eigenvalue weighted by atomic mass is 10.1. The second-order valence-corrected chi connectivity index (χ2v) is 4.67. The summed E-state index contributed by atoms with van der Waals surface area (Å²) in [4.78, 5) is 18.4. The lowest BCUT2D eigenvalue weighted by Gasteiger charge is -2.17. The topological polar surface area (TPSA) is 64.2 Å². The Bertz CT molecular complexity index is 694. The molecule has 2 N–H and O–H groups in total. The predicted molar refractivity (Wildman–Crippen MR) is 81.4 cm³/mol. The maximum Gasteiger partial charge on any atom is 0.255 e. The molecule has 0 saturated heterocycles. The van der Waals surface area contributed by atoms with E-state index in [9.17, 15) is 4.79 Å². The summed E-state index contributed by atoms with van der Waals surface area (Å²) in [7, 11) is 3.66. The Morgan fingerprint density at radius 1 is 1.43 bits per heavy atom. The third kappa shape index (κ3) is 3.50. The first-order valence-corrected chi connectivity index (χ1v) is 6.63. The van der Waals surface area contributed by atoms with E-state index in [1.165, 1.54) is 0 Å². The molecule has 2 aromatic rings. The van der Waals surface area contributed by atoms with Gasteiger partial charge in [-0.3, -0.25) is 4.79 Å². The molecule has 5 heteroatoms. The van der Waals surface area contributed by atoms with E-state index in [0.29, 0.717) is 17.7 Å². The molecule has 108 valence electrons. The van der Waals surface area contributed by atoms with Crippen LogP contribution in [0.1, 0.15) is 21.7 Å². The summed E-state index contributed by atoms with van der Waals surface area (Å²) in [5.41, 5.74) is 6.66. The van der Waals surface area contributed by atoms with Crippen molar-refractivity contribution in [2.75, 3.05) is 13.6 Å². The van der Waals surface area contributed by atoms with Crippen LogP contribution in [0, 0.1) is 11.8 Å². The molecule has 0 fully saturated rings. The molecule has 0 atom stereocenters. The molecule has 0 radical (unpaired) electrons. The van der Waals surface area contributed by atoms with Gasteiger partial charge in [0.15, 0.2) is 0 Å². The van der Waals surface area contributed by atoms with Crippen LogP contribution in [-0.4, -0.2) is 34.0 Å². The summed E-state index contributed by atoms with van der Waals surface area (Å²) in [6.45, 7) is 0.715. The Morgan fingerprint density at radius 2 is 2.19 bits per heavy atom. The fraction of sp³-hybridized carbons (Fsp3) is 0.250. The van der Waals surface area contributed by atoms with Crippen LogP contribution >= 0.6 is 0 Å². The van der Waals surface area contributed by atoms with Crippen molar-refractivity contribution in [3.05, 3.63) is 53.6 Å². The Hall–Kier alpha value is -2.58. The quantitative estimate of drug-likeness (QED) is 0.854. The van der Waals surface area contributed by atoms with Crippen molar-refractivity contribution in [3.63, 3.8) is 0 Å². The summed E-state index contributed by atoms with van der Waals surface area (Å²) >= 11 is 0. The predicted octanol–water partition coefficient (Wildman–Crippen LogP) is 1.00. The van der Waals surface area contributed by atoms with Crippen LogP contribution in [0.5, 0.6) is 0 Å². The van der Waals surface area contributed by atoms with Gasteiger partial charge in [-0.1, -0.05) is 24.0 Å². The van der Waals surface area contributed by atoms with Crippen LogP contribution < -0.4 is 5.73 Å². The average molecular weight is 282 g/mol. The highest BCUT2D eigenvalue weighted by molar-refractivity contribution is 5.96. The van der Waals surface area contributed by atoms with Crippen LogP contribution in [0.15, 0.2) is 36.7 Å². The number of carbonyl (C=O) groups excluding carboxylic acids is 1. The Labute approximate surface area is 124 Å². The SMILES string of the molecule is CN(Cc1nccn1C)C(=O)c1ccccc1C#CCN. The molecule has 0 aliphatic carbocycles. The van der Waals surface area contributed by atoms with Gasteiger partial charge < -0.3 is 15.2 Å². The van der Waals surface area contributed by atoms with Gasteiger partial charge in [-0.05, 0) is 12.1 Å². The Kier molecular flexibility index (Phi) is 4.75. The van der Waals surface area contributed by atoms with Crippen molar-refractivity contribution >= 4 is 5.91 Å². The molecule has 0 aliphatic heterocycles. The van der Waals surface area contributed by atoms with Crippen LogP contribution in [0.3, 0.4) is 0 Å². The number of benzene rings is 1. The van der Waals surface area contributed by atoms with E-state index in [0.717, 1.165) is 5.82 Å². The van der Waals surface area contributed by atoms with Gasteiger partial charge in [0.25, 0.3) is 5.91 Å². The number of nitrogens with two attached hydrogens (primary N) is 1. The Morgan fingerprint density at radius 3 is 2.86 bits per heavy atom. The molecule has 0 bridgehead atoms. The van der Waals surface area contributed by atoms with Crippen molar-refractivity contribution in [3.8, 4) is 11.8 Å². The summed E-state index contributed by atoms with van der Waals surface area (Å²) in [6.07, 6.45) is 3.57. The lowest BCUT2D eigenvalue weighted by Crippen LogP contribution is -2.28. The molecule has 21 heavy (non-hydrogen) atoms. The van der Waals surface area contributed by atoms with Gasteiger partial charge >= 0.3 is 0 Å². The molecule has 0 unspecified atom stereocenters. The van der Waals surface area contributed by atoms with Gasteiger partial charge in [-0.25, -0.2) is 4.98 Å². The van der Waals surface area contributed by atoms with E-state index >= 15 is 0 Å². The second-order valence-electron chi connectivity index (χ2n) is 4.67. The number of nitrogens with zero attached hydrogens (tertiary/aromatic N) is 3. The monoisotopic (exact) mass is 282 g/mol. The van der Waals surface area contributed by atoms with Gasteiger partial charge in [-0.15, -0.1) is 0 Å². The standard InChI is InChI=1S/C16H18N4O/c1-19-11-10-18-15(19)12-20(2)16(21)14-8-4-3-6-13(14)7-5-9-17/h3-4,6,8,10-11H,9,12,17H2,1-2H3. The zero-order chi connectivity index (χ0) is 15.2. The minimum absolute atomic E-state index is 0.0834. The Balaban J connectivity index is 2.21. The van der Waals surface area contributed by atoms with Crippen molar-refractivity contribution in [2.45, 2.75) is 6.54 Å². The van der Waals surface area contributed by atoms with Gasteiger partial charge in [0.1, 0.15) is 5.82 Å². The number of carbonyl (C=O) groups is 1. The summed E-state index contributed by atoms with van der Waals surface area (Å²) in [5, 5.41) is 0. The minimum Gasteiger partial charge on any atom is -0.337 e. The molecule has 2 rings (SSSR count). The highest BCUT2D eigenvalue weighted by Gasteiger charge is 2.16. The van der Waals surface area contributed by atoms with Crippen molar-refractivity contribution in [2.24, 2.45) is 12.8 Å². The summed E-state index contributed by atoms with van der Waals surface area (Å²) in [6, 6.07) is 7.29. The maximum atomic E-state index is 12.6. The third-order valence-electron chi connectivity index (χ3n) is 3.13. The molecule has 1 heterocycles. The van der Waals surface area contributed by atoms with E-state index in [4.69, 9.17) is 5.73 Å². The van der Waals surface area contributed by atoms with Crippen molar-refractivity contribution in [1.29, 1.82) is 0 Å². The molecule has 1 aromatic carbocycles. The first kappa shape index (κ1) is 14.8. The normalized spacial score (nSPS) is 9.86. The summed E-state index contributed by atoms with van der Waals surface area (Å²) in [5.74, 6) is 6.47. The van der Waals surface area contributed by atoms with E-state index in [2.05, 4.69) is 16.8 Å². The molecule has 1 aromatic heterocycles. The largest absolute Gasteiger partial charge is 0.337 e. The fourth-order valence-corrected chi connectivity index (χ4v) is 1.96. The molecular formula is C16H18N4O. The zero-order valence-electron chi connectivity index (χ0n) is 12.2. The van der Waals surface area contributed by atoms with E-state index in [1.807, 2.05) is 36.0 Å². The number of rotatable bonds is 3. The molecule has 0 aliphatic rings. The van der Waals surface area contributed by atoms with E-state index in [1.54, 1.807) is 24.2 Å². The molecular weight excluding hydrogens is 264 g/mol. The lowest BCUT2D eigenvalue weighted by molar-refractivity contribution is 0.0780. The highest BCUT2D eigenvalue weighted by Crippen LogP contribution is 2.11. The van der Waals surface area contributed by atoms with Gasteiger partial charge in [-0.2, -0.15) is 0 Å². The van der Waals surface area contributed by atoms with E-state index < -0.39 is 0 Å². The zero-order valence-corrected chi connectivity index (χ0v) is 12.2. The average Bonchev–Trinajstić information content (AvgIpc) is 2.90. The highest BCUT2D eigenvalue weighted by atomic mass is 16.2. The third-order valence-corrected chi connectivity index (χ3v) is 3.13. The van der Waals surface area contributed by atoms with E-state index in [-0.39, 0.29) is 12.5 Å². The maximum absolute atomic E-state index is 12.6. The number of hydrogen-bond donors (Lipinski definition) is 1. The molecule has 0 spiro atoms. The van der Waals surface area contributed by atoms with Crippen LogP contribution in [0.2, 0.25) is 0 Å². The first-order chi connectivity index (χ1) is 10.1. The molecule has 1 amide bonds. The summed E-state index contributed by atoms with van der Waals surface area (Å²) < 4.78 is 1.89. The number of amides is 1. The van der Waals surface area contributed by atoms with Crippen LogP contribution in [-0.2, 0) is 13.6 Å². The number of aromatic nitrogens is 2. The second kappa shape index (κ2) is 6.73. The number of hydrogen-bond acceptors (Lipinski definition) is 3. The van der Waals surface area contributed by atoms with Crippen LogP contribution in [0.4, 0.5) is 0 Å². The molecule has 5 nitrogen and oxygen atoms in total. The van der Waals surface area contributed by atoms with Gasteiger partial charge in [0.2, 0.25) is 0 Å². The van der Waals surface area contributed by atoms with Gasteiger partial charge in [0.05, 0.1) is 18.7 Å². The minimum atomic E-state index is -0.0834. The van der Waals surface area contributed by atoms with Crippen molar-refractivity contribution in [1.82, 2.24) is 14.5 Å². The first-order valence-electron chi connectivity index (χ1n) is 6.63. The smallest absolute Gasteiger partial charge is 0.255 e.